The molecule has 0 spiro atoms. The average Bonchev–Trinajstić information content (AvgIpc) is 3.23. The number of nitriles is 1. The molecule has 0 bridgehead atoms. The number of hydrogen-bond donors (Lipinski definition) is 2. The van der Waals surface area contributed by atoms with Crippen LogP contribution in [0.3, 0.4) is 0 Å². The predicted molar refractivity (Wildman–Crippen MR) is 129 cm³/mol. The number of ether oxygens (including phenoxy) is 2. The van der Waals surface area contributed by atoms with Crippen LogP contribution in [-0.4, -0.2) is 40.2 Å². The molecule has 0 saturated carbocycles. The molecule has 1 heterocycles. The molecule has 11 heteroatoms. The minimum Gasteiger partial charge on any atom is -0.490 e. The van der Waals surface area contributed by atoms with E-state index in [0.717, 1.165) is 0 Å². The molecule has 0 radical (unpaired) electrons. The number of halogens is 3. The highest BCUT2D eigenvalue weighted by molar-refractivity contribution is 7.18. The van der Waals surface area contributed by atoms with Gasteiger partial charge < -0.3 is 20.3 Å². The monoisotopic (exact) mass is 512 g/mol. The van der Waals surface area contributed by atoms with Crippen LogP contribution >= 0.6 is 35.3 Å². The molecule has 3 N–H and O–H groups in total. The molecule has 0 aliphatic rings. The molecule has 0 aliphatic heterocycles. The van der Waals surface area contributed by atoms with Gasteiger partial charge in [-0.1, -0.05) is 22.9 Å². The first-order chi connectivity index (χ1) is 15.2. The second kappa shape index (κ2) is 11.6. The van der Waals surface area contributed by atoms with Crippen molar-refractivity contribution >= 4 is 35.3 Å². The zero-order valence-corrected chi connectivity index (χ0v) is 20.5. The summed E-state index contributed by atoms with van der Waals surface area (Å²) in [5, 5.41) is 28.3. The Labute approximate surface area is 206 Å². The highest BCUT2D eigenvalue weighted by Crippen LogP contribution is 2.38. The highest BCUT2D eigenvalue weighted by atomic mass is 35.5. The number of aliphatic hydroxyl groups is 1. The zero-order chi connectivity index (χ0) is 23.4. The molecule has 176 valence electrons. The van der Waals surface area contributed by atoms with Gasteiger partial charge in [-0.05, 0) is 45.0 Å². The number of nitrogens with two attached hydrogens (primary N) is 1. The summed E-state index contributed by atoms with van der Waals surface area (Å²) in [5.74, 6) is -0.216. The van der Waals surface area contributed by atoms with E-state index in [4.69, 9.17) is 26.8 Å². The van der Waals surface area contributed by atoms with Crippen LogP contribution in [0.5, 0.6) is 11.5 Å². The maximum Gasteiger partial charge on any atom is 0.165 e. The topological polar surface area (TPSA) is 114 Å². The summed E-state index contributed by atoms with van der Waals surface area (Å²) >= 11 is 7.55. The lowest BCUT2D eigenvalue weighted by Gasteiger charge is -2.16. The van der Waals surface area contributed by atoms with Crippen LogP contribution in [0, 0.1) is 17.1 Å². The van der Waals surface area contributed by atoms with Gasteiger partial charge in [0.15, 0.2) is 11.6 Å². The van der Waals surface area contributed by atoms with E-state index in [-0.39, 0.29) is 35.9 Å². The Hall–Kier alpha value is -2.48. The molecule has 3 rings (SSSR count). The lowest BCUT2D eigenvalue weighted by molar-refractivity contribution is 0.129. The number of hydrogen-bond acceptors (Lipinski definition) is 8. The second-order valence-electron chi connectivity index (χ2n) is 7.38. The van der Waals surface area contributed by atoms with Crippen molar-refractivity contribution in [3.63, 3.8) is 0 Å². The van der Waals surface area contributed by atoms with E-state index in [9.17, 15) is 14.8 Å². The van der Waals surface area contributed by atoms with Crippen LogP contribution in [0.15, 0.2) is 30.3 Å². The van der Waals surface area contributed by atoms with Gasteiger partial charge in [-0.25, -0.2) is 4.39 Å². The summed E-state index contributed by atoms with van der Waals surface area (Å²) in [5.41, 5.74) is 7.14. The van der Waals surface area contributed by atoms with Gasteiger partial charge in [-0.15, -0.1) is 22.6 Å². The van der Waals surface area contributed by atoms with Crippen molar-refractivity contribution < 1.29 is 19.0 Å². The Kier molecular flexibility index (Phi) is 9.40. The summed E-state index contributed by atoms with van der Waals surface area (Å²) in [6.45, 7) is 5.22. The number of nitrogens with zero attached hydrogens (tertiary/aromatic N) is 3. The quantitative estimate of drug-likeness (QED) is 0.443. The van der Waals surface area contributed by atoms with Crippen molar-refractivity contribution in [2.45, 2.75) is 39.0 Å². The van der Waals surface area contributed by atoms with Crippen molar-refractivity contribution in [2.24, 2.45) is 5.73 Å². The van der Waals surface area contributed by atoms with E-state index >= 15 is 0 Å². The Bertz CT molecular complexity index is 1150. The van der Waals surface area contributed by atoms with E-state index in [0.29, 0.717) is 32.5 Å². The number of benzene rings is 2. The Morgan fingerprint density at radius 1 is 1.18 bits per heavy atom. The van der Waals surface area contributed by atoms with Crippen LogP contribution in [0.4, 0.5) is 4.39 Å². The minimum absolute atomic E-state index is 0. The third-order valence-corrected chi connectivity index (χ3v) is 5.76. The van der Waals surface area contributed by atoms with Gasteiger partial charge in [-0.2, -0.15) is 5.26 Å². The Balaban J connectivity index is 0.00000385. The van der Waals surface area contributed by atoms with Crippen LogP contribution < -0.4 is 15.2 Å². The third-order valence-electron chi connectivity index (χ3n) is 4.44. The summed E-state index contributed by atoms with van der Waals surface area (Å²) in [7, 11) is 0. The molecule has 7 nitrogen and oxygen atoms in total. The van der Waals surface area contributed by atoms with E-state index < -0.39 is 18.0 Å². The van der Waals surface area contributed by atoms with E-state index in [1.54, 1.807) is 18.2 Å². The van der Waals surface area contributed by atoms with Crippen molar-refractivity contribution in [1.82, 2.24) is 10.2 Å². The lowest BCUT2D eigenvalue weighted by Crippen LogP contribution is -2.38. The first kappa shape index (κ1) is 26.8. The molecular weight excluding hydrogens is 490 g/mol. The summed E-state index contributed by atoms with van der Waals surface area (Å²) in [6, 6.07) is 9.19. The molecule has 2 aromatic carbocycles. The van der Waals surface area contributed by atoms with Crippen molar-refractivity contribution in [1.29, 1.82) is 5.26 Å². The van der Waals surface area contributed by atoms with Crippen molar-refractivity contribution in [2.75, 3.05) is 6.61 Å². The summed E-state index contributed by atoms with van der Waals surface area (Å²) in [4.78, 5) is 0. The summed E-state index contributed by atoms with van der Waals surface area (Å²) < 4.78 is 25.6. The van der Waals surface area contributed by atoms with Gasteiger partial charge in [0, 0.05) is 17.2 Å². The molecular formula is C22H23Cl2FN4O3S. The Morgan fingerprint density at radius 2 is 1.88 bits per heavy atom. The molecule has 0 aliphatic carbocycles. The molecule has 3 aromatic rings. The van der Waals surface area contributed by atoms with E-state index in [1.807, 2.05) is 13.8 Å². The molecule has 2 atom stereocenters. The fourth-order valence-corrected chi connectivity index (χ4v) is 3.85. The van der Waals surface area contributed by atoms with Gasteiger partial charge in [0.1, 0.15) is 28.4 Å². The van der Waals surface area contributed by atoms with Crippen molar-refractivity contribution in [3.05, 3.63) is 46.7 Å². The first-order valence-electron chi connectivity index (χ1n) is 9.80. The lowest BCUT2D eigenvalue weighted by atomic mass is 10.1. The molecule has 0 unspecified atom stereocenters. The molecule has 0 fully saturated rings. The SMILES string of the molecule is CC(C)Oc1ccc(-c2nnc(-c3cc(F)c(OC[C@@H](N)[C@H](C)O)cc3Cl)s2)cc1C#N.Cl. The molecule has 1 aromatic heterocycles. The van der Waals surface area contributed by atoms with Crippen LogP contribution in [0.2, 0.25) is 5.02 Å². The van der Waals surface area contributed by atoms with Gasteiger partial charge in [0.25, 0.3) is 0 Å². The maximum absolute atomic E-state index is 14.6. The number of rotatable bonds is 8. The first-order valence-corrected chi connectivity index (χ1v) is 11.0. The number of aliphatic hydroxyl groups excluding tert-OH is 1. The second-order valence-corrected chi connectivity index (χ2v) is 8.76. The number of aromatic nitrogens is 2. The average molecular weight is 513 g/mol. The zero-order valence-electron chi connectivity index (χ0n) is 18.1. The van der Waals surface area contributed by atoms with Gasteiger partial charge in [0.2, 0.25) is 0 Å². The standard InChI is InChI=1S/C22H22ClFN4O3S.ClH/c1-11(2)31-19-5-4-13(6-14(19)9-25)21-27-28-22(32-21)15-7-17(24)20(8-16(15)23)30-10-18(26)12(3)29;/h4-8,11-12,18,29H,10,26H2,1-3H3;1H/t12-,18+;/m0./s1. The fourth-order valence-electron chi connectivity index (χ4n) is 2.68. The largest absolute Gasteiger partial charge is 0.490 e. The van der Waals surface area contributed by atoms with Crippen LogP contribution in [0.1, 0.15) is 26.3 Å². The van der Waals surface area contributed by atoms with Gasteiger partial charge >= 0.3 is 0 Å². The molecule has 0 amide bonds. The smallest absolute Gasteiger partial charge is 0.165 e. The Morgan fingerprint density at radius 3 is 2.52 bits per heavy atom. The van der Waals surface area contributed by atoms with Crippen molar-refractivity contribution in [3.8, 4) is 38.7 Å². The van der Waals surface area contributed by atoms with Crippen LogP contribution in [0.25, 0.3) is 21.1 Å². The molecule has 0 saturated heterocycles. The molecule has 33 heavy (non-hydrogen) atoms. The fraction of sp³-hybridized carbons (Fsp3) is 0.318. The third kappa shape index (κ3) is 6.53. The summed E-state index contributed by atoms with van der Waals surface area (Å²) in [6.07, 6.45) is -0.854. The van der Waals surface area contributed by atoms with E-state index in [2.05, 4.69) is 16.3 Å². The van der Waals surface area contributed by atoms with Gasteiger partial charge in [-0.3, -0.25) is 0 Å². The predicted octanol–water partition coefficient (Wildman–Crippen LogP) is 4.83. The van der Waals surface area contributed by atoms with Crippen LogP contribution in [-0.2, 0) is 0 Å². The van der Waals surface area contributed by atoms with E-state index in [1.165, 1.54) is 30.4 Å². The normalized spacial score (nSPS) is 12.6. The van der Waals surface area contributed by atoms with Gasteiger partial charge in [0.05, 0.1) is 28.8 Å². The maximum atomic E-state index is 14.6. The highest BCUT2D eigenvalue weighted by Gasteiger charge is 2.18. The minimum atomic E-state index is -0.792.